The number of unbranched alkanes of at least 4 members (excludes halogenated alkanes) is 1. The minimum Gasteiger partial charge on any atom is -0.508 e. The SMILES string of the molecule is CC[C@H](C)[C@H](NC(=O)[C@H](CO)CC(=O)[C@H](Cc1ccc(O)cc1)NC(=O)[C@H](CC(=O)O)CC(=O)[C@H](CO)NC(=O)[C@@H](CC(=O)[C@H](Cc1ccccc1)NC(=O)[C@@H](CC(=O)CNC(=O)[C@H](CCC(=O)O)CC(=O)C(C)(C)C(=O)CCCN1CCOCC1=O)[C@@H](C)O)[C@@H](C)O)C(=O)C[C@@H](Cc1ccc(O)cc1)C(=O)N[C@@H](CC(C)C)C(=O)C[C@@H](CC(=O)O)C(=O)N[C@H](C)CCCCN. The van der Waals surface area contributed by atoms with Crippen LogP contribution in [-0.2, 0) is 115 Å². The van der Waals surface area contributed by atoms with Gasteiger partial charge in [0.1, 0.15) is 35.7 Å². The normalized spacial score (nSPS) is 15.9. The van der Waals surface area contributed by atoms with Crippen molar-refractivity contribution in [2.24, 2.45) is 64.4 Å². The van der Waals surface area contributed by atoms with E-state index < -0.39 is 298 Å². The van der Waals surface area contributed by atoms with E-state index >= 15 is 0 Å². The second-order valence-electron chi connectivity index (χ2n) is 35.1. The fourth-order valence-electron chi connectivity index (χ4n) is 15.0. The Morgan fingerprint density at radius 2 is 0.939 bits per heavy atom. The number of ketones is 8. The number of nitrogens with zero attached hydrogens (tertiary/aromatic N) is 1. The molecule has 1 saturated heterocycles. The lowest BCUT2D eigenvalue weighted by atomic mass is 9.77. The lowest BCUT2D eigenvalue weighted by Gasteiger charge is -2.28. The molecule has 0 bridgehead atoms. The van der Waals surface area contributed by atoms with E-state index in [1.807, 2.05) is 0 Å². The molecule has 1 heterocycles. The first-order valence-electron chi connectivity index (χ1n) is 44.4. The van der Waals surface area contributed by atoms with Gasteiger partial charge in [0.2, 0.25) is 47.3 Å². The van der Waals surface area contributed by atoms with Crippen molar-refractivity contribution >= 4 is 111 Å². The largest absolute Gasteiger partial charge is 0.508 e. The van der Waals surface area contributed by atoms with E-state index in [0.29, 0.717) is 50.1 Å². The number of Topliss-reactive ketones (excluding diaryl/α,β-unsaturated/α-hetero) is 8. The van der Waals surface area contributed by atoms with Crippen LogP contribution in [0, 0.1) is 58.7 Å². The quantitative estimate of drug-likeness (QED) is 0.0284. The molecule has 18 N–H and O–H groups in total. The van der Waals surface area contributed by atoms with Gasteiger partial charge in [0.15, 0.2) is 34.7 Å². The Morgan fingerprint density at radius 1 is 0.466 bits per heavy atom. The second kappa shape index (κ2) is 56.3. The molecule has 0 radical (unpaired) electrons. The molecule has 38 nitrogen and oxygen atoms in total. The van der Waals surface area contributed by atoms with Crippen LogP contribution in [0.2, 0.25) is 0 Å². The first-order chi connectivity index (χ1) is 61.7. The molecule has 38 heteroatoms. The zero-order valence-corrected chi connectivity index (χ0v) is 76.0. The van der Waals surface area contributed by atoms with Crippen molar-refractivity contribution in [2.45, 2.75) is 246 Å². The zero-order chi connectivity index (χ0) is 98.1. The molecular formula is C93H133N9O29. The summed E-state index contributed by atoms with van der Waals surface area (Å²) in [4.78, 5) is 263. The van der Waals surface area contributed by atoms with Crippen LogP contribution in [0.25, 0.3) is 0 Å². The van der Waals surface area contributed by atoms with Gasteiger partial charge in [-0.15, -0.1) is 0 Å². The number of amides is 8. The molecule has 16 atom stereocenters. The molecule has 131 heavy (non-hydrogen) atoms. The number of aliphatic hydroxyl groups is 4. The number of nitrogens with two attached hydrogens (primary N) is 1. The number of hydrogen-bond acceptors (Lipinski definition) is 27. The number of carboxylic acids is 3. The lowest BCUT2D eigenvalue weighted by Crippen LogP contribution is -2.52. The number of aliphatic hydroxyl groups excluding tert-OH is 4. The van der Waals surface area contributed by atoms with Gasteiger partial charge in [-0.3, -0.25) is 91.1 Å². The van der Waals surface area contributed by atoms with Crippen LogP contribution in [0.4, 0.5) is 0 Å². The summed E-state index contributed by atoms with van der Waals surface area (Å²) in [6.45, 7) is 11.6. The monoisotopic (exact) mass is 1840 g/mol. The molecule has 3 aromatic carbocycles. The van der Waals surface area contributed by atoms with Gasteiger partial charge in [-0.1, -0.05) is 95.1 Å². The van der Waals surface area contributed by atoms with Crippen molar-refractivity contribution in [3.05, 3.63) is 95.6 Å². The Balaban J connectivity index is 1.55. The highest BCUT2D eigenvalue weighted by atomic mass is 16.5. The smallest absolute Gasteiger partial charge is 0.304 e. The number of carbonyl (C=O) groups is 19. The third-order valence-corrected chi connectivity index (χ3v) is 23.4. The number of carboxylic acid groups (broad SMARTS) is 3. The predicted molar refractivity (Wildman–Crippen MR) is 472 cm³/mol. The zero-order valence-electron chi connectivity index (χ0n) is 76.0. The highest BCUT2D eigenvalue weighted by molar-refractivity contribution is 6.07. The summed E-state index contributed by atoms with van der Waals surface area (Å²) in [6.07, 6.45) is -10.3. The van der Waals surface area contributed by atoms with Crippen LogP contribution in [0.5, 0.6) is 11.5 Å². The van der Waals surface area contributed by atoms with Gasteiger partial charge in [0, 0.05) is 88.8 Å². The van der Waals surface area contributed by atoms with E-state index in [4.69, 9.17) is 10.5 Å². The van der Waals surface area contributed by atoms with Crippen LogP contribution in [0.1, 0.15) is 195 Å². The summed E-state index contributed by atoms with van der Waals surface area (Å²) in [5, 5.41) is 111. The summed E-state index contributed by atoms with van der Waals surface area (Å²) in [5.74, 6) is -30.6. The van der Waals surface area contributed by atoms with Crippen LogP contribution in [-0.4, -0.2) is 263 Å². The Kier molecular flexibility index (Phi) is 48.1. The first kappa shape index (κ1) is 112. The van der Waals surface area contributed by atoms with Gasteiger partial charge in [-0.25, -0.2) is 0 Å². The van der Waals surface area contributed by atoms with Gasteiger partial charge in [0.25, 0.3) is 0 Å². The Hall–Kier alpha value is -11.5. The van der Waals surface area contributed by atoms with E-state index in [1.165, 1.54) is 67.3 Å². The van der Waals surface area contributed by atoms with Gasteiger partial charge in [-0.05, 0) is 145 Å². The van der Waals surface area contributed by atoms with E-state index in [9.17, 15) is 137 Å². The van der Waals surface area contributed by atoms with Gasteiger partial charge < -0.3 is 98.5 Å². The molecule has 1 aliphatic rings. The minimum absolute atomic E-state index is 0.0243. The molecular weight excluding hydrogens is 1710 g/mol. The molecule has 1 aliphatic heterocycles. The van der Waals surface area contributed by atoms with Crippen molar-refractivity contribution in [1.82, 2.24) is 42.1 Å². The summed E-state index contributed by atoms with van der Waals surface area (Å²) < 4.78 is 5.13. The van der Waals surface area contributed by atoms with Crippen molar-refractivity contribution in [3.8, 4) is 11.5 Å². The van der Waals surface area contributed by atoms with Gasteiger partial charge in [-0.2, -0.15) is 0 Å². The molecule has 0 unspecified atom stereocenters. The molecule has 0 aliphatic carbocycles. The van der Waals surface area contributed by atoms with Crippen molar-refractivity contribution in [2.75, 3.05) is 52.6 Å². The molecule has 0 spiro atoms. The number of hydrogen-bond donors (Lipinski definition) is 17. The minimum atomic E-state index is -2.00. The van der Waals surface area contributed by atoms with Gasteiger partial charge in [0.05, 0.1) is 111 Å². The number of aliphatic carboxylic acids is 3. The highest BCUT2D eigenvalue weighted by Gasteiger charge is 2.43. The van der Waals surface area contributed by atoms with E-state index in [1.54, 1.807) is 65.0 Å². The van der Waals surface area contributed by atoms with Crippen molar-refractivity contribution < 1.29 is 142 Å². The van der Waals surface area contributed by atoms with Crippen LogP contribution < -0.4 is 43.0 Å². The number of morpholine rings is 1. The van der Waals surface area contributed by atoms with Crippen LogP contribution in [0.3, 0.4) is 0 Å². The number of benzene rings is 3. The molecule has 1 fully saturated rings. The third-order valence-electron chi connectivity index (χ3n) is 23.4. The standard InChI is InChI=1S/C93H133N9O29/c1-10-53(4)85(78(114)41-61(36-58-21-26-65(107)27-22-58)88(126)97-70(35-52(2)3)74(110)39-62(44-83(120)121)87(125)96-54(5)17-14-15-31-94)101-90(128)64(49-103)42-75(111)71(38-59-23-28-66(108)29-24-59)98-89(127)63(45-84(122)123)40-76(112)73(50-104)100-92(130)69(56(7)106)47-77(113)72(37-57-18-12-11-13-19-57)99-91(129)68(55(6)105)46-67(109)48-95-86(124)60(25-30-82(118)119)43-80(116)93(8,9)79(115)20-16-32-102-33-34-131-51-81(102)117/h11-13,18-19,21-24,26-29,52-56,60-64,68-73,85,103-108H,10,14-17,20,25,30-51,94H2,1-9H3,(H,95,124)(H,96,125)(H,97,126)(H,98,127)(H,99,129)(H,100,130)(H,101,128)(H,118,119)(H,120,121)(H,122,123)/t53-,54+,55+,56+,60+,61+,62-,63-,64-,68-,69-,70-,71-,72-,73-,85-/m0/s1. The number of ether oxygens (including phenoxy) is 1. The first-order valence-corrected chi connectivity index (χ1v) is 44.4. The summed E-state index contributed by atoms with van der Waals surface area (Å²) in [5.41, 5.74) is 5.12. The number of nitrogens with one attached hydrogen (secondary N) is 7. The van der Waals surface area contributed by atoms with Crippen molar-refractivity contribution in [3.63, 3.8) is 0 Å². The maximum absolute atomic E-state index is 14.9. The number of carbonyl (C=O) groups excluding carboxylic acids is 16. The Morgan fingerprint density at radius 3 is 1.45 bits per heavy atom. The number of rotatable bonds is 65. The Bertz CT molecular complexity index is 4390. The molecule has 8 amide bonds. The summed E-state index contributed by atoms with van der Waals surface area (Å²) in [7, 11) is 0. The summed E-state index contributed by atoms with van der Waals surface area (Å²) >= 11 is 0. The topological polar surface area (TPSA) is 629 Å². The maximum Gasteiger partial charge on any atom is 0.304 e. The average molecular weight is 1840 g/mol. The van der Waals surface area contributed by atoms with Gasteiger partial charge >= 0.3 is 17.9 Å². The molecule has 3 aromatic rings. The number of phenols is 2. The highest BCUT2D eigenvalue weighted by Crippen LogP contribution is 2.30. The number of phenolic OH excluding ortho intramolecular Hbond substituents is 2. The molecule has 4 rings (SSSR count). The fourth-order valence-corrected chi connectivity index (χ4v) is 15.0. The average Bonchev–Trinajstić information content (AvgIpc) is 0.837. The third kappa shape index (κ3) is 39.3. The van der Waals surface area contributed by atoms with E-state index in [-0.39, 0.29) is 86.6 Å². The van der Waals surface area contributed by atoms with E-state index in [0.717, 1.165) is 13.8 Å². The summed E-state index contributed by atoms with van der Waals surface area (Å²) in [6, 6.07) is 10.4. The Labute approximate surface area is 761 Å². The second-order valence-corrected chi connectivity index (χ2v) is 35.1. The predicted octanol–water partition coefficient (Wildman–Crippen LogP) is 2.21. The lowest BCUT2D eigenvalue weighted by molar-refractivity contribution is -0.144. The van der Waals surface area contributed by atoms with Crippen LogP contribution >= 0.6 is 0 Å². The molecule has 724 valence electrons. The molecule has 0 aromatic heterocycles. The van der Waals surface area contributed by atoms with Crippen molar-refractivity contribution in [1.29, 1.82) is 0 Å². The fraction of sp³-hybridized carbons (Fsp3) is 0.602. The maximum atomic E-state index is 14.9. The number of aromatic hydroxyl groups is 2. The molecule has 0 saturated carbocycles. The van der Waals surface area contributed by atoms with E-state index in [2.05, 4.69) is 37.2 Å². The van der Waals surface area contributed by atoms with Crippen LogP contribution in [0.15, 0.2) is 78.9 Å².